The molecule has 0 N–H and O–H groups in total. The van der Waals surface area contributed by atoms with Crippen LogP contribution in [-0.4, -0.2) is 50.5 Å². The molecule has 3 rings (SSSR count). The highest BCUT2D eigenvalue weighted by atomic mass is 32.2. The minimum Gasteiger partial charge on any atom is -0.496 e. The van der Waals surface area contributed by atoms with Crippen molar-refractivity contribution in [2.45, 2.75) is 55.0 Å². The van der Waals surface area contributed by atoms with Gasteiger partial charge in [0.2, 0.25) is 5.91 Å². The van der Waals surface area contributed by atoms with E-state index in [9.17, 15) is 10.1 Å². The van der Waals surface area contributed by atoms with Crippen LogP contribution in [0.4, 0.5) is 0 Å². The third kappa shape index (κ3) is 4.10. The van der Waals surface area contributed by atoms with Crippen LogP contribution >= 0.6 is 11.8 Å². The highest BCUT2D eigenvalue weighted by Crippen LogP contribution is 2.35. The number of nitriles is 1. The van der Waals surface area contributed by atoms with Gasteiger partial charge in [-0.2, -0.15) is 5.26 Å². The van der Waals surface area contributed by atoms with Crippen molar-refractivity contribution in [3.8, 4) is 23.2 Å². The number of carbonyl (C=O) groups is 1. The predicted molar refractivity (Wildman–Crippen MR) is 113 cm³/mol. The van der Waals surface area contributed by atoms with Gasteiger partial charge in [0.15, 0.2) is 11.0 Å². The molecule has 154 valence electrons. The standard InChI is InChI=1S/C21H27N5O2S/c1-15(19(27)26(3)21(14-22)12-8-5-9-13-21)29-20-24-23-18(25(20)2)16-10-6-7-11-17(16)28-4/h6-7,10-11,15H,5,8-9,12-13H2,1-4H3/t15-/m0/s1. The van der Waals surface area contributed by atoms with Crippen molar-refractivity contribution in [1.82, 2.24) is 19.7 Å². The van der Waals surface area contributed by atoms with Gasteiger partial charge in [-0.15, -0.1) is 10.2 Å². The first-order valence-electron chi connectivity index (χ1n) is 9.82. The van der Waals surface area contributed by atoms with Crippen molar-refractivity contribution in [3.05, 3.63) is 24.3 Å². The first-order chi connectivity index (χ1) is 13.9. The fraction of sp³-hybridized carbons (Fsp3) is 0.524. The smallest absolute Gasteiger partial charge is 0.236 e. The second kappa shape index (κ2) is 8.87. The van der Waals surface area contributed by atoms with Gasteiger partial charge >= 0.3 is 0 Å². The van der Waals surface area contributed by atoms with E-state index in [0.29, 0.717) is 11.0 Å². The highest BCUT2D eigenvalue weighted by Gasteiger charge is 2.40. The number of amides is 1. The van der Waals surface area contributed by atoms with Crippen LogP contribution < -0.4 is 4.74 Å². The zero-order chi connectivity index (χ0) is 21.0. The molecule has 0 saturated heterocycles. The second-order valence-corrected chi connectivity index (χ2v) is 8.73. The number of ether oxygens (including phenoxy) is 1. The van der Waals surface area contributed by atoms with Crippen LogP contribution in [-0.2, 0) is 11.8 Å². The fourth-order valence-corrected chi connectivity index (χ4v) is 4.74. The van der Waals surface area contributed by atoms with Gasteiger partial charge in [0.05, 0.1) is 24.0 Å². The van der Waals surface area contributed by atoms with E-state index < -0.39 is 5.54 Å². The molecule has 1 atom stereocenters. The van der Waals surface area contributed by atoms with Gasteiger partial charge < -0.3 is 14.2 Å². The van der Waals surface area contributed by atoms with Crippen molar-refractivity contribution >= 4 is 17.7 Å². The van der Waals surface area contributed by atoms with Gasteiger partial charge in [-0.1, -0.05) is 43.2 Å². The van der Waals surface area contributed by atoms with Gasteiger partial charge in [0, 0.05) is 14.1 Å². The lowest BCUT2D eigenvalue weighted by atomic mass is 9.81. The summed E-state index contributed by atoms with van der Waals surface area (Å²) in [6.07, 6.45) is 4.58. The molecule has 0 spiro atoms. The van der Waals surface area contributed by atoms with Gasteiger partial charge in [0.1, 0.15) is 11.3 Å². The van der Waals surface area contributed by atoms with Crippen molar-refractivity contribution in [2.24, 2.45) is 7.05 Å². The molecule has 7 nitrogen and oxygen atoms in total. The summed E-state index contributed by atoms with van der Waals surface area (Å²) in [4.78, 5) is 14.7. The summed E-state index contributed by atoms with van der Waals surface area (Å²) >= 11 is 1.36. The molecular formula is C21H27N5O2S. The molecule has 1 aliphatic rings. The highest BCUT2D eigenvalue weighted by molar-refractivity contribution is 8.00. The molecule has 8 heteroatoms. The van der Waals surface area contributed by atoms with Crippen LogP contribution in [0.25, 0.3) is 11.4 Å². The third-order valence-electron chi connectivity index (χ3n) is 5.67. The van der Waals surface area contributed by atoms with Crippen molar-refractivity contribution in [1.29, 1.82) is 5.26 Å². The van der Waals surface area contributed by atoms with E-state index in [1.807, 2.05) is 42.8 Å². The van der Waals surface area contributed by atoms with Gasteiger partial charge in [-0.25, -0.2) is 0 Å². The number of hydrogen-bond acceptors (Lipinski definition) is 6. The molecule has 1 aromatic carbocycles. The molecule has 1 heterocycles. The molecule has 29 heavy (non-hydrogen) atoms. The summed E-state index contributed by atoms with van der Waals surface area (Å²) in [5, 5.41) is 18.6. The average Bonchev–Trinajstić information content (AvgIpc) is 3.12. The van der Waals surface area contributed by atoms with E-state index in [1.54, 1.807) is 19.1 Å². The SMILES string of the molecule is COc1ccccc1-c1nnc(S[C@@H](C)C(=O)N(C)C2(C#N)CCCCC2)n1C. The Hall–Kier alpha value is -2.53. The average molecular weight is 414 g/mol. The van der Waals surface area contributed by atoms with E-state index in [4.69, 9.17) is 4.74 Å². The largest absolute Gasteiger partial charge is 0.496 e. The Kier molecular flexibility index (Phi) is 6.48. The number of aromatic nitrogens is 3. The normalized spacial score (nSPS) is 16.7. The third-order valence-corrected chi connectivity index (χ3v) is 6.80. The minimum absolute atomic E-state index is 0.0553. The number of thioether (sulfide) groups is 1. The maximum atomic E-state index is 13.1. The predicted octanol–water partition coefficient (Wildman–Crippen LogP) is 3.66. The zero-order valence-electron chi connectivity index (χ0n) is 17.4. The summed E-state index contributed by atoms with van der Waals surface area (Å²) < 4.78 is 7.29. The second-order valence-electron chi connectivity index (χ2n) is 7.43. The lowest BCUT2D eigenvalue weighted by Crippen LogP contribution is -2.52. The first-order valence-corrected chi connectivity index (χ1v) is 10.7. The maximum absolute atomic E-state index is 13.1. The Labute approximate surface area is 176 Å². The van der Waals surface area contributed by atoms with Crippen molar-refractivity contribution < 1.29 is 9.53 Å². The van der Waals surface area contributed by atoms with Gasteiger partial charge in [0.25, 0.3) is 0 Å². The van der Waals surface area contributed by atoms with E-state index in [-0.39, 0.29) is 11.2 Å². The van der Waals surface area contributed by atoms with Crippen molar-refractivity contribution in [2.75, 3.05) is 14.2 Å². The van der Waals surface area contributed by atoms with E-state index >= 15 is 0 Å². The van der Waals surface area contributed by atoms with E-state index in [0.717, 1.165) is 43.4 Å². The minimum atomic E-state index is -0.688. The zero-order valence-corrected chi connectivity index (χ0v) is 18.2. The molecule has 1 amide bonds. The molecular weight excluding hydrogens is 386 g/mol. The van der Waals surface area contributed by atoms with E-state index in [2.05, 4.69) is 16.3 Å². The quantitative estimate of drug-likeness (QED) is 0.672. The molecule has 1 aromatic heterocycles. The number of rotatable bonds is 6. The number of benzene rings is 1. The molecule has 1 aliphatic carbocycles. The van der Waals surface area contributed by atoms with Crippen molar-refractivity contribution in [3.63, 3.8) is 0 Å². The van der Waals surface area contributed by atoms with E-state index in [1.165, 1.54) is 11.8 Å². The number of hydrogen-bond donors (Lipinski definition) is 0. The molecule has 0 bridgehead atoms. The molecule has 0 radical (unpaired) electrons. The summed E-state index contributed by atoms with van der Waals surface area (Å²) in [6.45, 7) is 1.86. The fourth-order valence-electron chi connectivity index (χ4n) is 3.83. The number of nitrogens with zero attached hydrogens (tertiary/aromatic N) is 5. The summed E-state index contributed by atoms with van der Waals surface area (Å²) in [7, 11) is 5.26. The Bertz CT molecular complexity index is 914. The molecule has 2 aromatic rings. The topological polar surface area (TPSA) is 84.0 Å². The maximum Gasteiger partial charge on any atom is 0.236 e. The Morgan fingerprint density at radius 1 is 1.31 bits per heavy atom. The van der Waals surface area contributed by atoms with Gasteiger partial charge in [-0.3, -0.25) is 4.79 Å². The molecule has 0 unspecified atom stereocenters. The summed E-state index contributed by atoms with van der Waals surface area (Å²) in [6, 6.07) is 10.1. The Morgan fingerprint density at radius 2 is 2.00 bits per heavy atom. The lowest BCUT2D eigenvalue weighted by Gasteiger charge is -2.40. The molecule has 1 saturated carbocycles. The monoisotopic (exact) mass is 413 g/mol. The van der Waals surface area contributed by atoms with Crippen LogP contribution in [0.5, 0.6) is 5.75 Å². The number of carbonyl (C=O) groups excluding carboxylic acids is 1. The van der Waals surface area contributed by atoms with Crippen LogP contribution in [0.2, 0.25) is 0 Å². The van der Waals surface area contributed by atoms with Crippen LogP contribution in [0.1, 0.15) is 39.0 Å². The Morgan fingerprint density at radius 3 is 2.66 bits per heavy atom. The summed E-state index contributed by atoms with van der Waals surface area (Å²) in [5.41, 5.74) is 0.158. The number of para-hydroxylation sites is 1. The van der Waals surface area contributed by atoms with Crippen LogP contribution in [0.15, 0.2) is 29.4 Å². The molecule has 1 fully saturated rings. The lowest BCUT2D eigenvalue weighted by molar-refractivity contribution is -0.133. The van der Waals surface area contributed by atoms with Crippen LogP contribution in [0, 0.1) is 11.3 Å². The summed E-state index contributed by atoms with van der Waals surface area (Å²) in [5.74, 6) is 1.34. The Balaban J connectivity index is 1.77. The van der Waals surface area contributed by atoms with Crippen LogP contribution in [0.3, 0.4) is 0 Å². The van der Waals surface area contributed by atoms with Gasteiger partial charge in [-0.05, 0) is 31.9 Å². The molecule has 0 aliphatic heterocycles. The first kappa shape index (κ1) is 21.2. The number of methoxy groups -OCH3 is 1.